The van der Waals surface area contributed by atoms with Crippen LogP contribution in [0.15, 0.2) is 23.4 Å². The van der Waals surface area contributed by atoms with E-state index in [4.69, 9.17) is 5.11 Å². The number of alkyl halides is 3. The summed E-state index contributed by atoms with van der Waals surface area (Å²) in [4.78, 5) is 27.9. The second kappa shape index (κ2) is 7.02. The van der Waals surface area contributed by atoms with Crippen LogP contribution in [0.2, 0.25) is 0 Å². The van der Waals surface area contributed by atoms with Crippen molar-refractivity contribution >= 4 is 17.6 Å². The Morgan fingerprint density at radius 2 is 1.82 bits per heavy atom. The number of hydrogen-bond acceptors (Lipinski definition) is 4. The largest absolute Gasteiger partial charge is 0.481 e. The fourth-order valence-corrected chi connectivity index (χ4v) is 3.35. The molecule has 3 atom stereocenters. The number of carbonyl (C=O) groups is 2. The van der Waals surface area contributed by atoms with Crippen LogP contribution in [0.4, 0.5) is 22.0 Å². The van der Waals surface area contributed by atoms with E-state index < -0.39 is 59.4 Å². The van der Waals surface area contributed by atoms with Crippen LogP contribution >= 0.6 is 0 Å². The summed E-state index contributed by atoms with van der Waals surface area (Å²) in [5, 5.41) is 14.4. The molecule has 3 unspecified atom stereocenters. The molecule has 0 radical (unpaired) electrons. The Kier molecular flexibility index (Phi) is 5.02. The predicted molar refractivity (Wildman–Crippen MR) is 84.3 cm³/mol. The van der Waals surface area contributed by atoms with Gasteiger partial charge in [0, 0.05) is 17.7 Å². The van der Waals surface area contributed by atoms with Crippen molar-refractivity contribution in [3.05, 3.63) is 35.4 Å². The minimum absolute atomic E-state index is 0.00215. The van der Waals surface area contributed by atoms with Crippen LogP contribution in [0.3, 0.4) is 0 Å². The molecule has 1 aromatic rings. The number of nitrogens with zero attached hydrogens (tertiary/aromatic N) is 1. The van der Waals surface area contributed by atoms with Crippen molar-refractivity contribution in [3.8, 4) is 0 Å². The molecule has 6 nitrogen and oxygen atoms in total. The zero-order valence-corrected chi connectivity index (χ0v) is 14.2. The van der Waals surface area contributed by atoms with Crippen LogP contribution in [0, 0.1) is 17.6 Å². The second-order valence-electron chi connectivity index (χ2n) is 6.81. The van der Waals surface area contributed by atoms with E-state index in [2.05, 4.69) is 15.3 Å². The molecule has 0 saturated heterocycles. The van der Waals surface area contributed by atoms with E-state index in [-0.39, 0.29) is 24.8 Å². The molecule has 1 amide bonds. The summed E-state index contributed by atoms with van der Waals surface area (Å²) < 4.78 is 67.8. The normalized spacial score (nSPS) is 27.2. The number of amides is 1. The number of rotatable bonds is 4. The summed E-state index contributed by atoms with van der Waals surface area (Å²) in [7, 11) is 0. The van der Waals surface area contributed by atoms with Crippen LogP contribution in [-0.4, -0.2) is 40.5 Å². The SMILES string of the molecule is O=C(O)C1CCC(NC(=O)C2(C(F)(F)F)CC(c3cc(F)cc(F)c3)=NO2)C1. The van der Waals surface area contributed by atoms with Crippen molar-refractivity contribution in [2.45, 2.75) is 43.5 Å². The van der Waals surface area contributed by atoms with E-state index in [1.165, 1.54) is 0 Å². The first-order chi connectivity index (χ1) is 13.0. The van der Waals surface area contributed by atoms with Crippen molar-refractivity contribution in [2.75, 3.05) is 0 Å². The summed E-state index contributed by atoms with van der Waals surface area (Å²) in [5.41, 5.74) is -4.06. The van der Waals surface area contributed by atoms with Crippen molar-refractivity contribution < 1.29 is 41.5 Å². The monoisotopic (exact) mass is 406 g/mol. The molecule has 1 heterocycles. The van der Waals surface area contributed by atoms with Crippen LogP contribution in [0.5, 0.6) is 0 Å². The lowest BCUT2D eigenvalue weighted by Gasteiger charge is -2.29. The van der Waals surface area contributed by atoms with Crippen molar-refractivity contribution in [1.29, 1.82) is 0 Å². The number of benzene rings is 1. The van der Waals surface area contributed by atoms with Gasteiger partial charge < -0.3 is 15.3 Å². The maximum Gasteiger partial charge on any atom is 0.440 e. The molecule has 152 valence electrons. The number of hydrogen-bond donors (Lipinski definition) is 2. The highest BCUT2D eigenvalue weighted by atomic mass is 19.4. The van der Waals surface area contributed by atoms with Gasteiger partial charge in [0.25, 0.3) is 5.91 Å². The Morgan fingerprint density at radius 1 is 1.18 bits per heavy atom. The first kappa shape index (κ1) is 20.0. The molecule has 1 aromatic carbocycles. The summed E-state index contributed by atoms with van der Waals surface area (Å²) in [6.45, 7) is 0. The van der Waals surface area contributed by atoms with E-state index in [1.54, 1.807) is 0 Å². The highest BCUT2D eigenvalue weighted by molar-refractivity contribution is 6.05. The minimum atomic E-state index is -5.17. The van der Waals surface area contributed by atoms with Crippen LogP contribution in [0.1, 0.15) is 31.2 Å². The zero-order valence-electron chi connectivity index (χ0n) is 14.2. The van der Waals surface area contributed by atoms with Gasteiger partial charge in [-0.15, -0.1) is 0 Å². The number of aliphatic carboxylic acids is 1. The van der Waals surface area contributed by atoms with Gasteiger partial charge in [0.15, 0.2) is 0 Å². The molecule has 11 heteroatoms. The Hall–Kier alpha value is -2.72. The van der Waals surface area contributed by atoms with Gasteiger partial charge in [-0.05, 0) is 31.4 Å². The van der Waals surface area contributed by atoms with E-state index in [0.717, 1.165) is 12.1 Å². The summed E-state index contributed by atoms with van der Waals surface area (Å²) in [6, 6.07) is 1.35. The topological polar surface area (TPSA) is 88.0 Å². The first-order valence-electron chi connectivity index (χ1n) is 8.34. The van der Waals surface area contributed by atoms with E-state index in [0.29, 0.717) is 6.07 Å². The quantitative estimate of drug-likeness (QED) is 0.753. The van der Waals surface area contributed by atoms with Gasteiger partial charge >= 0.3 is 17.7 Å². The number of halogens is 5. The van der Waals surface area contributed by atoms with Gasteiger partial charge in [-0.3, -0.25) is 9.59 Å². The molecular formula is C17H15F5N2O4. The third-order valence-electron chi connectivity index (χ3n) is 4.87. The number of carbonyl (C=O) groups excluding carboxylic acids is 1. The highest BCUT2D eigenvalue weighted by Gasteiger charge is 2.66. The summed E-state index contributed by atoms with van der Waals surface area (Å²) in [5.74, 6) is -5.39. The Bertz CT molecular complexity index is 821. The Morgan fingerprint density at radius 3 is 2.36 bits per heavy atom. The van der Waals surface area contributed by atoms with Crippen molar-refractivity contribution in [3.63, 3.8) is 0 Å². The van der Waals surface area contributed by atoms with Crippen molar-refractivity contribution in [1.82, 2.24) is 5.32 Å². The Labute approximate surface area is 155 Å². The molecular weight excluding hydrogens is 391 g/mol. The molecule has 1 fully saturated rings. The van der Waals surface area contributed by atoms with E-state index in [9.17, 15) is 31.5 Å². The maximum atomic E-state index is 13.7. The summed E-state index contributed by atoms with van der Waals surface area (Å²) >= 11 is 0. The molecule has 2 aliphatic rings. The molecule has 1 aliphatic heterocycles. The minimum Gasteiger partial charge on any atom is -0.481 e. The fourth-order valence-electron chi connectivity index (χ4n) is 3.35. The van der Waals surface area contributed by atoms with Gasteiger partial charge in [0.05, 0.1) is 18.1 Å². The lowest BCUT2D eigenvalue weighted by molar-refractivity contribution is -0.259. The second-order valence-corrected chi connectivity index (χ2v) is 6.81. The predicted octanol–water partition coefficient (Wildman–Crippen LogP) is 2.76. The molecule has 0 bridgehead atoms. The van der Waals surface area contributed by atoms with E-state index in [1.807, 2.05) is 0 Å². The lowest BCUT2D eigenvalue weighted by atomic mass is 9.92. The zero-order chi connectivity index (χ0) is 20.7. The molecule has 1 aliphatic carbocycles. The van der Waals surface area contributed by atoms with Gasteiger partial charge in [-0.2, -0.15) is 13.2 Å². The molecule has 0 aromatic heterocycles. The highest BCUT2D eigenvalue weighted by Crippen LogP contribution is 2.42. The van der Waals surface area contributed by atoms with Gasteiger partial charge in [0.1, 0.15) is 11.6 Å². The Balaban J connectivity index is 1.80. The van der Waals surface area contributed by atoms with Gasteiger partial charge in [0.2, 0.25) is 0 Å². The number of carboxylic acid groups (broad SMARTS) is 1. The average Bonchev–Trinajstić information content (AvgIpc) is 3.21. The van der Waals surface area contributed by atoms with Crippen LogP contribution in [0.25, 0.3) is 0 Å². The number of oxime groups is 1. The van der Waals surface area contributed by atoms with Crippen molar-refractivity contribution in [2.24, 2.45) is 11.1 Å². The third kappa shape index (κ3) is 3.65. The molecule has 3 rings (SSSR count). The summed E-state index contributed by atoms with van der Waals surface area (Å²) in [6.07, 6.45) is -5.80. The smallest absolute Gasteiger partial charge is 0.440 e. The van der Waals surface area contributed by atoms with Gasteiger partial charge in [-0.25, -0.2) is 8.78 Å². The standard InChI is InChI=1S/C17H15F5N2O4/c18-10-3-9(4-11(19)6-10)13-7-16(28-24-13,17(20,21)22)15(27)23-12-2-1-8(5-12)14(25)26/h3-4,6,8,12H,1-2,5,7H2,(H,23,27)(H,25,26). The lowest BCUT2D eigenvalue weighted by Crippen LogP contribution is -2.58. The van der Waals surface area contributed by atoms with Gasteiger partial charge in [-0.1, -0.05) is 5.16 Å². The molecule has 2 N–H and O–H groups in total. The average molecular weight is 406 g/mol. The van der Waals surface area contributed by atoms with Crippen LogP contribution in [-0.2, 0) is 14.4 Å². The van der Waals surface area contributed by atoms with E-state index >= 15 is 0 Å². The number of carboxylic acids is 1. The van der Waals surface area contributed by atoms with Crippen LogP contribution < -0.4 is 5.32 Å². The third-order valence-corrected chi connectivity index (χ3v) is 4.87. The molecule has 0 spiro atoms. The first-order valence-corrected chi connectivity index (χ1v) is 8.34. The molecule has 28 heavy (non-hydrogen) atoms. The fraction of sp³-hybridized carbons (Fsp3) is 0.471. The number of nitrogens with one attached hydrogen (secondary N) is 1. The maximum absolute atomic E-state index is 13.7. The molecule has 1 saturated carbocycles.